The molecule has 1 aliphatic heterocycles. The second kappa shape index (κ2) is 5.54. The van der Waals surface area contributed by atoms with Gasteiger partial charge in [-0.15, -0.1) is 11.3 Å². The van der Waals surface area contributed by atoms with E-state index in [2.05, 4.69) is 6.07 Å². The lowest BCUT2D eigenvalue weighted by atomic mass is 9.93. The number of thiophene rings is 1. The molecule has 0 amide bonds. The Kier molecular flexibility index (Phi) is 3.80. The Morgan fingerprint density at radius 1 is 1.28 bits per heavy atom. The molecule has 3 heteroatoms. The highest BCUT2D eigenvalue weighted by Crippen LogP contribution is 2.31. The lowest BCUT2D eigenvalue weighted by Gasteiger charge is -2.20. The maximum absolute atomic E-state index is 12.3. The van der Waals surface area contributed by atoms with Crippen LogP contribution in [0.25, 0.3) is 0 Å². The summed E-state index contributed by atoms with van der Waals surface area (Å²) in [5, 5.41) is 0. The maximum Gasteiger partial charge on any atom is 0.173 e. The number of carbonyl (C=O) groups excluding carboxylic acids is 1. The van der Waals surface area contributed by atoms with E-state index in [0.29, 0.717) is 11.7 Å². The summed E-state index contributed by atoms with van der Waals surface area (Å²) >= 11 is 1.75. The highest BCUT2D eigenvalue weighted by molar-refractivity contribution is 7.14. The molecule has 0 saturated carbocycles. The maximum atomic E-state index is 12.3. The smallest absolute Gasteiger partial charge is 0.173 e. The van der Waals surface area contributed by atoms with E-state index in [1.165, 1.54) is 36.1 Å². The molecule has 0 unspecified atom stereocenters. The van der Waals surface area contributed by atoms with Gasteiger partial charge in [-0.25, -0.2) is 0 Å². The number of hydrogen-bond donors (Lipinski definition) is 0. The summed E-state index contributed by atoms with van der Waals surface area (Å²) in [6, 6.07) is 2.17. The Morgan fingerprint density at radius 3 is 2.83 bits per heavy atom. The average molecular weight is 264 g/mol. The molecule has 98 valence electrons. The van der Waals surface area contributed by atoms with E-state index < -0.39 is 0 Å². The van der Waals surface area contributed by atoms with Crippen LogP contribution in [-0.4, -0.2) is 19.0 Å². The van der Waals surface area contributed by atoms with Crippen LogP contribution in [0.3, 0.4) is 0 Å². The first kappa shape index (κ1) is 12.4. The molecular weight excluding hydrogens is 244 g/mol. The van der Waals surface area contributed by atoms with E-state index >= 15 is 0 Å². The number of fused-ring (bicyclic) bond motifs is 1. The first-order chi connectivity index (χ1) is 8.83. The van der Waals surface area contributed by atoms with Crippen LogP contribution in [0, 0.1) is 5.92 Å². The quantitative estimate of drug-likeness (QED) is 0.779. The van der Waals surface area contributed by atoms with Gasteiger partial charge in [0.05, 0.1) is 4.88 Å². The molecule has 1 aromatic heterocycles. The van der Waals surface area contributed by atoms with Gasteiger partial charge in [-0.2, -0.15) is 0 Å². The Labute approximate surface area is 112 Å². The van der Waals surface area contributed by atoms with Crippen molar-refractivity contribution in [2.75, 3.05) is 13.2 Å². The Bertz CT molecular complexity index is 406. The van der Waals surface area contributed by atoms with Crippen LogP contribution >= 0.6 is 11.3 Å². The summed E-state index contributed by atoms with van der Waals surface area (Å²) in [7, 11) is 0. The zero-order chi connectivity index (χ0) is 12.4. The lowest BCUT2D eigenvalue weighted by Crippen LogP contribution is -2.18. The predicted molar refractivity (Wildman–Crippen MR) is 73.5 cm³/mol. The fourth-order valence-corrected chi connectivity index (χ4v) is 4.14. The number of ketones is 1. The summed E-state index contributed by atoms with van der Waals surface area (Å²) in [5.74, 6) is 0.909. The zero-order valence-corrected chi connectivity index (χ0v) is 11.6. The molecular formula is C15H20O2S. The van der Waals surface area contributed by atoms with Crippen molar-refractivity contribution >= 4 is 17.1 Å². The molecule has 3 rings (SSSR count). The number of Topliss-reactive ketones (excluding diaryl/α,β-unsaturated/α-hetero) is 1. The van der Waals surface area contributed by atoms with Gasteiger partial charge in [0.15, 0.2) is 5.78 Å². The second-order valence-corrected chi connectivity index (χ2v) is 6.59. The fraction of sp³-hybridized carbons (Fsp3) is 0.667. The minimum absolute atomic E-state index is 0.362. The van der Waals surface area contributed by atoms with Crippen molar-refractivity contribution in [2.45, 2.75) is 44.9 Å². The molecule has 1 saturated heterocycles. The molecule has 1 aliphatic carbocycles. The van der Waals surface area contributed by atoms with Crippen LogP contribution in [0.2, 0.25) is 0 Å². The van der Waals surface area contributed by atoms with Crippen LogP contribution in [-0.2, 0) is 17.6 Å². The van der Waals surface area contributed by atoms with Gasteiger partial charge in [-0.3, -0.25) is 4.79 Å². The molecule has 2 nitrogen and oxygen atoms in total. The molecule has 0 N–H and O–H groups in total. The Hall–Kier alpha value is -0.670. The third-order valence-electron chi connectivity index (χ3n) is 4.09. The van der Waals surface area contributed by atoms with Crippen LogP contribution < -0.4 is 0 Å². The molecule has 0 bridgehead atoms. The minimum atomic E-state index is 0.362. The highest BCUT2D eigenvalue weighted by Gasteiger charge is 2.21. The molecule has 0 radical (unpaired) electrons. The van der Waals surface area contributed by atoms with Gasteiger partial charge in [-0.1, -0.05) is 0 Å². The van der Waals surface area contributed by atoms with E-state index in [-0.39, 0.29) is 0 Å². The van der Waals surface area contributed by atoms with Gasteiger partial charge in [0, 0.05) is 24.5 Å². The molecule has 2 aliphatic rings. The van der Waals surface area contributed by atoms with Crippen LogP contribution in [0.5, 0.6) is 0 Å². The Morgan fingerprint density at radius 2 is 2.06 bits per heavy atom. The van der Waals surface area contributed by atoms with Crippen LogP contribution in [0.4, 0.5) is 0 Å². The van der Waals surface area contributed by atoms with Crippen molar-refractivity contribution in [1.82, 2.24) is 0 Å². The van der Waals surface area contributed by atoms with Gasteiger partial charge >= 0.3 is 0 Å². The molecule has 2 heterocycles. The molecule has 0 atom stereocenters. The number of ether oxygens (including phenoxy) is 1. The zero-order valence-electron chi connectivity index (χ0n) is 10.7. The number of rotatable bonds is 3. The van der Waals surface area contributed by atoms with E-state index in [4.69, 9.17) is 4.74 Å². The van der Waals surface area contributed by atoms with Gasteiger partial charge in [0.25, 0.3) is 0 Å². The standard InChI is InChI=1S/C15H20O2S/c16-13(9-11-5-7-17-8-6-11)15-10-12-3-1-2-4-14(12)18-15/h10-11H,1-9H2. The van der Waals surface area contributed by atoms with Gasteiger partial charge in [0.1, 0.15) is 0 Å². The van der Waals surface area contributed by atoms with E-state index in [1.807, 2.05) is 0 Å². The van der Waals surface area contributed by atoms with Gasteiger partial charge in [0.2, 0.25) is 0 Å². The van der Waals surface area contributed by atoms with E-state index in [9.17, 15) is 4.79 Å². The van der Waals surface area contributed by atoms with Crippen molar-refractivity contribution in [3.8, 4) is 0 Å². The Balaban J connectivity index is 1.66. The first-order valence-electron chi connectivity index (χ1n) is 7.05. The fourth-order valence-electron chi connectivity index (χ4n) is 2.94. The molecule has 1 aromatic rings. The van der Waals surface area contributed by atoms with Gasteiger partial charge < -0.3 is 4.74 Å². The van der Waals surface area contributed by atoms with Crippen LogP contribution in [0.15, 0.2) is 6.07 Å². The van der Waals surface area contributed by atoms with Crippen molar-refractivity contribution in [1.29, 1.82) is 0 Å². The van der Waals surface area contributed by atoms with Crippen molar-refractivity contribution in [3.05, 3.63) is 21.4 Å². The van der Waals surface area contributed by atoms with Crippen molar-refractivity contribution < 1.29 is 9.53 Å². The summed E-state index contributed by atoms with van der Waals surface area (Å²) in [5.41, 5.74) is 1.45. The third kappa shape index (κ3) is 2.67. The van der Waals surface area contributed by atoms with E-state index in [1.54, 1.807) is 11.3 Å². The number of aryl methyl sites for hydroxylation is 2. The van der Waals surface area contributed by atoms with Crippen molar-refractivity contribution in [3.63, 3.8) is 0 Å². The minimum Gasteiger partial charge on any atom is -0.381 e. The largest absolute Gasteiger partial charge is 0.381 e. The topological polar surface area (TPSA) is 26.3 Å². The second-order valence-electron chi connectivity index (χ2n) is 5.45. The highest BCUT2D eigenvalue weighted by atomic mass is 32.1. The summed E-state index contributed by atoms with van der Waals surface area (Å²) < 4.78 is 5.34. The molecule has 0 spiro atoms. The summed E-state index contributed by atoms with van der Waals surface area (Å²) in [6.07, 6.45) is 7.77. The molecule has 1 fully saturated rings. The average Bonchev–Trinajstić information content (AvgIpc) is 2.84. The van der Waals surface area contributed by atoms with Crippen molar-refractivity contribution in [2.24, 2.45) is 5.92 Å². The summed E-state index contributed by atoms with van der Waals surface area (Å²) in [6.45, 7) is 1.66. The molecule has 0 aromatic carbocycles. The SMILES string of the molecule is O=C(CC1CCOCC1)c1cc2c(s1)CCCC2. The normalized spacial score (nSPS) is 20.7. The first-order valence-corrected chi connectivity index (χ1v) is 7.87. The number of hydrogen-bond acceptors (Lipinski definition) is 3. The predicted octanol–water partition coefficient (Wildman–Crippen LogP) is 3.63. The molecule has 18 heavy (non-hydrogen) atoms. The lowest BCUT2D eigenvalue weighted by molar-refractivity contribution is 0.0602. The van der Waals surface area contributed by atoms with E-state index in [0.717, 1.165) is 37.4 Å². The summed E-state index contributed by atoms with van der Waals surface area (Å²) in [4.78, 5) is 14.8. The van der Waals surface area contributed by atoms with Gasteiger partial charge in [-0.05, 0) is 56.1 Å². The van der Waals surface area contributed by atoms with Crippen LogP contribution in [0.1, 0.15) is 52.2 Å². The third-order valence-corrected chi connectivity index (χ3v) is 5.36. The number of carbonyl (C=O) groups is 1. The monoisotopic (exact) mass is 264 g/mol.